The van der Waals surface area contributed by atoms with Crippen molar-refractivity contribution in [3.63, 3.8) is 0 Å². The van der Waals surface area contributed by atoms with E-state index in [0.717, 1.165) is 28.6 Å². The molecule has 96 valence electrons. The molecule has 7 heteroatoms. The second-order valence-electron chi connectivity index (χ2n) is 3.99. The molecule has 0 radical (unpaired) electrons. The molecule has 0 aliphatic rings. The monoisotopic (exact) mass is 272 g/mol. The van der Waals surface area contributed by atoms with Crippen molar-refractivity contribution < 1.29 is 0 Å². The van der Waals surface area contributed by atoms with E-state index in [1.165, 1.54) is 0 Å². The van der Waals surface area contributed by atoms with Crippen molar-refractivity contribution in [3.8, 4) is 11.4 Å². The van der Waals surface area contributed by atoms with Crippen molar-refractivity contribution in [1.82, 2.24) is 25.2 Å². The zero-order valence-electron chi connectivity index (χ0n) is 10.3. The van der Waals surface area contributed by atoms with E-state index in [2.05, 4.69) is 25.8 Å². The maximum atomic E-state index is 4.24. The largest absolute Gasteiger partial charge is 0.379 e. The first-order chi connectivity index (χ1) is 9.33. The zero-order valence-corrected chi connectivity index (χ0v) is 11.1. The number of nitrogens with one attached hydrogen (secondary N) is 1. The fraction of sp³-hybridized carbons (Fsp3) is 0.167. The van der Waals surface area contributed by atoms with Gasteiger partial charge in [-0.25, -0.2) is 9.67 Å². The van der Waals surface area contributed by atoms with E-state index in [1.54, 1.807) is 16.0 Å². The Bertz CT molecular complexity index is 660. The third-order valence-corrected chi connectivity index (χ3v) is 3.45. The maximum Gasteiger partial charge on any atom is 0.181 e. The second-order valence-corrected chi connectivity index (χ2v) is 4.97. The number of nitrogens with zero attached hydrogens (tertiary/aromatic N) is 5. The van der Waals surface area contributed by atoms with Gasteiger partial charge in [0.2, 0.25) is 0 Å². The van der Waals surface area contributed by atoms with Gasteiger partial charge in [-0.1, -0.05) is 12.1 Å². The average Bonchev–Trinajstić information content (AvgIpc) is 3.08. The lowest BCUT2D eigenvalue weighted by atomic mass is 10.2. The van der Waals surface area contributed by atoms with Crippen molar-refractivity contribution in [1.29, 1.82) is 0 Å². The molecule has 0 spiro atoms. The van der Waals surface area contributed by atoms with Crippen molar-refractivity contribution in [2.45, 2.75) is 6.54 Å². The van der Waals surface area contributed by atoms with Crippen LogP contribution in [-0.2, 0) is 13.6 Å². The summed E-state index contributed by atoms with van der Waals surface area (Å²) in [6.45, 7) is 0.720. The highest BCUT2D eigenvalue weighted by Gasteiger charge is 2.06. The molecule has 3 aromatic rings. The van der Waals surface area contributed by atoms with Gasteiger partial charge < -0.3 is 5.32 Å². The Morgan fingerprint density at radius 1 is 1.37 bits per heavy atom. The highest BCUT2D eigenvalue weighted by atomic mass is 32.1. The van der Waals surface area contributed by atoms with Crippen LogP contribution < -0.4 is 5.32 Å². The number of hydrogen-bond acceptors (Lipinski definition) is 6. The van der Waals surface area contributed by atoms with Crippen LogP contribution >= 0.6 is 11.3 Å². The summed E-state index contributed by atoms with van der Waals surface area (Å²) in [5.74, 6) is 0.748. The molecule has 0 amide bonds. The molecule has 0 unspecified atom stereocenters. The van der Waals surface area contributed by atoms with E-state index in [9.17, 15) is 0 Å². The Morgan fingerprint density at radius 2 is 2.32 bits per heavy atom. The van der Waals surface area contributed by atoms with Gasteiger partial charge in [-0.15, -0.1) is 16.4 Å². The number of benzene rings is 1. The fourth-order valence-electron chi connectivity index (χ4n) is 1.76. The molecule has 0 aliphatic carbocycles. The smallest absolute Gasteiger partial charge is 0.181 e. The topological polar surface area (TPSA) is 68.5 Å². The molecule has 2 heterocycles. The zero-order chi connectivity index (χ0) is 13.1. The molecular formula is C12H12N6S. The summed E-state index contributed by atoms with van der Waals surface area (Å²) in [6.07, 6.45) is 1.81. The van der Waals surface area contributed by atoms with Crippen LogP contribution in [0.3, 0.4) is 0 Å². The molecule has 0 aliphatic heterocycles. The third-order valence-electron chi connectivity index (χ3n) is 2.67. The summed E-state index contributed by atoms with van der Waals surface area (Å²) >= 11 is 1.64. The summed E-state index contributed by atoms with van der Waals surface area (Å²) in [5.41, 5.74) is 2.01. The number of hydrogen-bond donors (Lipinski definition) is 1. The minimum Gasteiger partial charge on any atom is -0.379 e. The van der Waals surface area contributed by atoms with Gasteiger partial charge in [0.25, 0.3) is 0 Å². The third kappa shape index (κ3) is 2.60. The van der Waals surface area contributed by atoms with E-state index < -0.39 is 0 Å². The van der Waals surface area contributed by atoms with Crippen LogP contribution in [0.2, 0.25) is 0 Å². The molecule has 3 rings (SSSR count). The molecule has 0 bridgehead atoms. The SMILES string of the molecule is Cn1nnnc1-c1cccc(NCc2nccs2)c1. The van der Waals surface area contributed by atoms with E-state index in [4.69, 9.17) is 0 Å². The summed E-state index contributed by atoms with van der Waals surface area (Å²) in [5, 5.41) is 17.9. The Labute approximate surface area is 114 Å². The summed E-state index contributed by atoms with van der Waals surface area (Å²) < 4.78 is 1.65. The average molecular weight is 272 g/mol. The number of tetrazole rings is 1. The normalized spacial score (nSPS) is 10.6. The van der Waals surface area contributed by atoms with Crippen LogP contribution in [0, 0.1) is 0 Å². The van der Waals surface area contributed by atoms with Crippen LogP contribution in [0.4, 0.5) is 5.69 Å². The molecule has 6 nitrogen and oxygen atoms in total. The van der Waals surface area contributed by atoms with Gasteiger partial charge in [-0.05, 0) is 22.6 Å². The molecule has 0 saturated carbocycles. The predicted octanol–water partition coefficient (Wildman–Crippen LogP) is 1.95. The van der Waals surface area contributed by atoms with Gasteiger partial charge in [0.1, 0.15) is 5.01 Å². The Balaban J connectivity index is 1.78. The molecule has 1 aromatic carbocycles. The lowest BCUT2D eigenvalue weighted by Crippen LogP contribution is -1.99. The van der Waals surface area contributed by atoms with Crippen molar-refractivity contribution in [2.24, 2.45) is 7.05 Å². The Kier molecular flexibility index (Phi) is 3.20. The lowest BCUT2D eigenvalue weighted by Gasteiger charge is -2.06. The number of aromatic nitrogens is 5. The van der Waals surface area contributed by atoms with Gasteiger partial charge in [-0.3, -0.25) is 0 Å². The molecule has 0 atom stereocenters. The maximum absolute atomic E-state index is 4.24. The van der Waals surface area contributed by atoms with Crippen molar-refractivity contribution in [3.05, 3.63) is 40.8 Å². The lowest BCUT2D eigenvalue weighted by molar-refractivity contribution is 0.714. The Hall–Kier alpha value is -2.28. The molecule has 0 fully saturated rings. The molecule has 0 saturated heterocycles. The molecular weight excluding hydrogens is 260 g/mol. The number of aryl methyl sites for hydroxylation is 1. The minimum absolute atomic E-state index is 0.720. The van der Waals surface area contributed by atoms with Crippen molar-refractivity contribution >= 4 is 17.0 Å². The Morgan fingerprint density at radius 3 is 3.05 bits per heavy atom. The first-order valence-corrected chi connectivity index (χ1v) is 6.66. The molecule has 2 aromatic heterocycles. The summed E-state index contributed by atoms with van der Waals surface area (Å²) in [4.78, 5) is 4.24. The van der Waals surface area contributed by atoms with Gasteiger partial charge in [0.15, 0.2) is 5.82 Å². The van der Waals surface area contributed by atoms with Crippen LogP contribution in [0.15, 0.2) is 35.8 Å². The minimum atomic E-state index is 0.720. The first kappa shape index (κ1) is 11.8. The predicted molar refractivity (Wildman–Crippen MR) is 73.7 cm³/mol. The van der Waals surface area contributed by atoms with E-state index >= 15 is 0 Å². The van der Waals surface area contributed by atoms with Gasteiger partial charge in [-0.2, -0.15) is 0 Å². The van der Waals surface area contributed by atoms with E-state index in [1.807, 2.05) is 42.9 Å². The molecule has 1 N–H and O–H groups in total. The quantitative estimate of drug-likeness (QED) is 0.786. The fourth-order valence-corrected chi connectivity index (χ4v) is 2.32. The number of rotatable bonds is 4. The first-order valence-electron chi connectivity index (χ1n) is 5.78. The highest BCUT2D eigenvalue weighted by Crippen LogP contribution is 2.20. The van der Waals surface area contributed by atoms with Crippen LogP contribution in [0.25, 0.3) is 11.4 Å². The van der Waals surface area contributed by atoms with E-state index in [0.29, 0.717) is 0 Å². The van der Waals surface area contributed by atoms with E-state index in [-0.39, 0.29) is 0 Å². The number of thiazole rings is 1. The highest BCUT2D eigenvalue weighted by molar-refractivity contribution is 7.09. The van der Waals surface area contributed by atoms with Gasteiger partial charge in [0.05, 0.1) is 6.54 Å². The number of anilines is 1. The van der Waals surface area contributed by atoms with Crippen molar-refractivity contribution in [2.75, 3.05) is 5.32 Å². The van der Waals surface area contributed by atoms with Gasteiger partial charge in [0, 0.05) is 29.9 Å². The van der Waals surface area contributed by atoms with Crippen LogP contribution in [-0.4, -0.2) is 25.2 Å². The van der Waals surface area contributed by atoms with Crippen LogP contribution in [0.1, 0.15) is 5.01 Å². The standard InChI is InChI=1S/C12H12N6S/c1-18-12(15-16-17-18)9-3-2-4-10(7-9)14-8-11-13-5-6-19-11/h2-7,14H,8H2,1H3. The second kappa shape index (κ2) is 5.15. The van der Waals surface area contributed by atoms with Gasteiger partial charge >= 0.3 is 0 Å². The summed E-state index contributed by atoms with van der Waals surface area (Å²) in [6, 6.07) is 8.01. The molecule has 19 heavy (non-hydrogen) atoms. The summed E-state index contributed by atoms with van der Waals surface area (Å²) in [7, 11) is 1.82. The van der Waals surface area contributed by atoms with Crippen LogP contribution in [0.5, 0.6) is 0 Å².